The Morgan fingerprint density at radius 1 is 0.560 bits per heavy atom. The van der Waals surface area contributed by atoms with E-state index < -0.39 is 0 Å². The summed E-state index contributed by atoms with van der Waals surface area (Å²) < 4.78 is 0. The Morgan fingerprint density at radius 3 is 1.52 bits per heavy atom. The molecule has 2 N–H and O–H groups in total. The average Bonchev–Trinajstić information content (AvgIpc) is 2.63. The van der Waals surface area contributed by atoms with Crippen molar-refractivity contribution in [1.29, 1.82) is 0 Å². The van der Waals surface area contributed by atoms with Crippen molar-refractivity contribution in [2.75, 3.05) is 19.7 Å². The van der Waals surface area contributed by atoms with Crippen LogP contribution in [0.3, 0.4) is 0 Å². The van der Waals surface area contributed by atoms with Crippen LogP contribution in [0.15, 0.2) is 0 Å². The van der Waals surface area contributed by atoms with Gasteiger partial charge in [0, 0.05) is 6.54 Å². The standard InChI is InChI=1S/C23H49NO/c1-3-5-7-10-14-18-23(17-13-8-6-4-2)19-15-11-9-12-16-20-24-21-22-25/h23-25H,3-22H2,1-2H3. The molecule has 0 spiro atoms. The first kappa shape index (κ1) is 24.9. The normalized spacial score (nSPS) is 12.6. The zero-order chi connectivity index (χ0) is 18.4. The number of unbranched alkanes of at least 4 members (excludes halogenated alkanes) is 11. The smallest absolute Gasteiger partial charge is 0.0555 e. The number of aliphatic hydroxyl groups is 1. The van der Waals surface area contributed by atoms with Crippen molar-refractivity contribution in [2.24, 2.45) is 5.92 Å². The Morgan fingerprint density at radius 2 is 1.00 bits per heavy atom. The van der Waals surface area contributed by atoms with Gasteiger partial charge in [-0.1, -0.05) is 117 Å². The third kappa shape index (κ3) is 20.1. The first-order valence-electron chi connectivity index (χ1n) is 11.7. The second kappa shape index (κ2) is 22.0. The van der Waals surface area contributed by atoms with Gasteiger partial charge in [-0.05, 0) is 18.9 Å². The number of aliphatic hydroxyl groups excluding tert-OH is 1. The second-order valence-electron chi connectivity index (χ2n) is 7.95. The summed E-state index contributed by atoms with van der Waals surface area (Å²) in [4.78, 5) is 0. The number of hydrogen-bond donors (Lipinski definition) is 2. The summed E-state index contributed by atoms with van der Waals surface area (Å²) in [6.45, 7) is 6.69. The zero-order valence-electron chi connectivity index (χ0n) is 17.7. The van der Waals surface area contributed by atoms with Gasteiger partial charge < -0.3 is 10.4 Å². The average molecular weight is 356 g/mol. The van der Waals surface area contributed by atoms with Gasteiger partial charge in [-0.25, -0.2) is 0 Å². The Kier molecular flexibility index (Phi) is 21.9. The van der Waals surface area contributed by atoms with Crippen LogP contribution in [-0.2, 0) is 0 Å². The van der Waals surface area contributed by atoms with Gasteiger partial charge in [-0.2, -0.15) is 0 Å². The molecule has 0 radical (unpaired) electrons. The highest BCUT2D eigenvalue weighted by Gasteiger charge is 2.08. The maximum absolute atomic E-state index is 8.72. The lowest BCUT2D eigenvalue weighted by atomic mass is 9.89. The van der Waals surface area contributed by atoms with Crippen LogP contribution in [0.5, 0.6) is 0 Å². The quantitative estimate of drug-likeness (QED) is 0.220. The van der Waals surface area contributed by atoms with Crippen LogP contribution in [0.2, 0.25) is 0 Å². The Hall–Kier alpha value is -0.0800. The first-order valence-corrected chi connectivity index (χ1v) is 11.7. The lowest BCUT2D eigenvalue weighted by molar-refractivity contribution is 0.292. The summed E-state index contributed by atoms with van der Waals surface area (Å²) >= 11 is 0. The van der Waals surface area contributed by atoms with E-state index >= 15 is 0 Å². The van der Waals surface area contributed by atoms with Gasteiger partial charge in [-0.15, -0.1) is 0 Å². The molecule has 0 bridgehead atoms. The summed E-state index contributed by atoms with van der Waals surface area (Å²) in [6, 6.07) is 0. The van der Waals surface area contributed by atoms with Crippen LogP contribution < -0.4 is 5.32 Å². The summed E-state index contributed by atoms with van der Waals surface area (Å²) in [5.41, 5.74) is 0. The summed E-state index contributed by atoms with van der Waals surface area (Å²) in [6.07, 6.45) is 24.1. The number of hydrogen-bond acceptors (Lipinski definition) is 2. The third-order valence-corrected chi connectivity index (χ3v) is 5.44. The van der Waals surface area contributed by atoms with E-state index in [9.17, 15) is 0 Å². The van der Waals surface area contributed by atoms with E-state index in [1.807, 2.05) is 0 Å². The van der Waals surface area contributed by atoms with Crippen LogP contribution in [0.4, 0.5) is 0 Å². The van der Waals surface area contributed by atoms with E-state index in [0.29, 0.717) is 0 Å². The summed E-state index contributed by atoms with van der Waals surface area (Å²) in [7, 11) is 0. The van der Waals surface area contributed by atoms with Crippen LogP contribution in [0.1, 0.15) is 123 Å². The van der Waals surface area contributed by atoms with Gasteiger partial charge in [0.25, 0.3) is 0 Å². The van der Waals surface area contributed by atoms with Gasteiger partial charge in [0.05, 0.1) is 6.61 Å². The minimum Gasteiger partial charge on any atom is -0.395 e. The molecule has 0 fully saturated rings. The number of nitrogens with one attached hydrogen (secondary N) is 1. The molecule has 152 valence electrons. The van der Waals surface area contributed by atoms with Crippen molar-refractivity contribution in [1.82, 2.24) is 5.32 Å². The molecular formula is C23H49NO. The minimum absolute atomic E-state index is 0.262. The van der Waals surface area contributed by atoms with E-state index in [4.69, 9.17) is 5.11 Å². The maximum atomic E-state index is 8.72. The van der Waals surface area contributed by atoms with Crippen LogP contribution >= 0.6 is 0 Å². The van der Waals surface area contributed by atoms with Crippen molar-refractivity contribution in [3.63, 3.8) is 0 Å². The molecule has 0 aliphatic carbocycles. The molecule has 0 rings (SSSR count). The monoisotopic (exact) mass is 355 g/mol. The molecular weight excluding hydrogens is 306 g/mol. The molecule has 0 heterocycles. The highest BCUT2D eigenvalue weighted by Crippen LogP contribution is 2.24. The molecule has 0 aromatic heterocycles. The third-order valence-electron chi connectivity index (χ3n) is 5.44. The highest BCUT2D eigenvalue weighted by molar-refractivity contribution is 4.62. The summed E-state index contributed by atoms with van der Waals surface area (Å²) in [5, 5.41) is 12.0. The molecule has 0 aromatic rings. The highest BCUT2D eigenvalue weighted by atomic mass is 16.3. The fraction of sp³-hybridized carbons (Fsp3) is 1.00. The molecule has 0 saturated carbocycles. The molecule has 2 heteroatoms. The molecule has 0 amide bonds. The molecule has 1 unspecified atom stereocenters. The maximum Gasteiger partial charge on any atom is 0.0555 e. The molecule has 0 aliphatic heterocycles. The van der Waals surface area contributed by atoms with Crippen LogP contribution in [-0.4, -0.2) is 24.8 Å². The molecule has 0 aliphatic rings. The van der Waals surface area contributed by atoms with Gasteiger partial charge in [-0.3, -0.25) is 0 Å². The van der Waals surface area contributed by atoms with Gasteiger partial charge in [0.1, 0.15) is 0 Å². The largest absolute Gasteiger partial charge is 0.395 e. The Labute approximate surface area is 159 Å². The lowest BCUT2D eigenvalue weighted by Gasteiger charge is -2.17. The SMILES string of the molecule is CCCCCCCC(CCCCCC)CCCCCCCNCCO. The predicted octanol–water partition coefficient (Wildman–Crippen LogP) is 6.86. The molecule has 25 heavy (non-hydrogen) atoms. The zero-order valence-corrected chi connectivity index (χ0v) is 17.7. The van der Waals surface area contributed by atoms with Gasteiger partial charge in [0.15, 0.2) is 0 Å². The van der Waals surface area contributed by atoms with Crippen molar-refractivity contribution in [3.05, 3.63) is 0 Å². The predicted molar refractivity (Wildman–Crippen MR) is 113 cm³/mol. The van der Waals surface area contributed by atoms with Crippen molar-refractivity contribution < 1.29 is 5.11 Å². The van der Waals surface area contributed by atoms with Crippen molar-refractivity contribution in [3.8, 4) is 0 Å². The fourth-order valence-corrected chi connectivity index (χ4v) is 3.75. The molecule has 2 nitrogen and oxygen atoms in total. The Bertz CT molecular complexity index is 232. The first-order chi connectivity index (χ1) is 12.3. The Balaban J connectivity index is 3.65. The van der Waals surface area contributed by atoms with E-state index in [1.54, 1.807) is 0 Å². The topological polar surface area (TPSA) is 32.3 Å². The fourth-order valence-electron chi connectivity index (χ4n) is 3.75. The van der Waals surface area contributed by atoms with E-state index in [-0.39, 0.29) is 6.61 Å². The summed E-state index contributed by atoms with van der Waals surface area (Å²) in [5.74, 6) is 1.00. The van der Waals surface area contributed by atoms with E-state index in [0.717, 1.165) is 19.0 Å². The van der Waals surface area contributed by atoms with Crippen molar-refractivity contribution >= 4 is 0 Å². The van der Waals surface area contributed by atoms with E-state index in [2.05, 4.69) is 19.2 Å². The lowest BCUT2D eigenvalue weighted by Crippen LogP contribution is -2.19. The van der Waals surface area contributed by atoms with Gasteiger partial charge >= 0.3 is 0 Å². The second-order valence-corrected chi connectivity index (χ2v) is 7.95. The molecule has 0 saturated heterocycles. The van der Waals surface area contributed by atoms with Gasteiger partial charge in [0.2, 0.25) is 0 Å². The van der Waals surface area contributed by atoms with Crippen LogP contribution in [0.25, 0.3) is 0 Å². The molecule has 1 atom stereocenters. The van der Waals surface area contributed by atoms with Crippen molar-refractivity contribution in [2.45, 2.75) is 123 Å². The van der Waals surface area contributed by atoms with E-state index in [1.165, 1.54) is 109 Å². The van der Waals surface area contributed by atoms with Crippen LogP contribution in [0, 0.1) is 5.92 Å². The number of rotatable bonds is 21. The molecule has 0 aromatic carbocycles. The minimum atomic E-state index is 0.262.